The fourth-order valence-electron chi connectivity index (χ4n) is 13.8. The van der Waals surface area contributed by atoms with E-state index in [-0.39, 0.29) is 22.1 Å². The van der Waals surface area contributed by atoms with Crippen molar-refractivity contribution in [1.29, 1.82) is 0 Å². The first-order valence-electron chi connectivity index (χ1n) is 31.7. The number of piperidine rings is 1. The number of likely N-dealkylation sites (tertiary alicyclic amines) is 1. The lowest BCUT2D eigenvalue weighted by Gasteiger charge is -2.40. The highest BCUT2D eigenvalue weighted by molar-refractivity contribution is 5.73. The Balaban J connectivity index is 0.694. The average molecular weight is 1140 g/mol. The Morgan fingerprint density at radius 3 is 1.29 bits per heavy atom. The molecular formula is C79H89F3N3+. The third-order valence-corrected chi connectivity index (χ3v) is 19.1. The molecule has 1 aromatic heterocycles. The van der Waals surface area contributed by atoms with E-state index in [0.717, 1.165) is 70.7 Å². The summed E-state index contributed by atoms with van der Waals surface area (Å²) in [4.78, 5) is 2.69. The quantitative estimate of drug-likeness (QED) is 0.0353. The van der Waals surface area contributed by atoms with Crippen LogP contribution >= 0.6 is 0 Å². The Kier molecular flexibility index (Phi) is 19.3. The number of alkyl halides is 3. The maximum atomic E-state index is 16.1. The van der Waals surface area contributed by atoms with Gasteiger partial charge in [-0.3, -0.25) is 0 Å². The van der Waals surface area contributed by atoms with Gasteiger partial charge in [0.2, 0.25) is 0 Å². The number of nitrogens with zero attached hydrogens (tertiary/aromatic N) is 3. The highest BCUT2D eigenvalue weighted by Gasteiger charge is 2.58. The predicted octanol–water partition coefficient (Wildman–Crippen LogP) is 20.8. The zero-order valence-corrected chi connectivity index (χ0v) is 51.9. The minimum absolute atomic E-state index is 0.156. The molecule has 3 nitrogen and oxygen atoms in total. The van der Waals surface area contributed by atoms with Gasteiger partial charge >= 0.3 is 6.18 Å². The summed E-state index contributed by atoms with van der Waals surface area (Å²) in [5.74, 6) is 1.41. The van der Waals surface area contributed by atoms with Crippen molar-refractivity contribution >= 4 is 0 Å². The number of hydrogen-bond acceptors (Lipinski definition) is 1. The summed E-state index contributed by atoms with van der Waals surface area (Å²) in [6.45, 7) is 23.9. The molecule has 0 bridgehead atoms. The van der Waals surface area contributed by atoms with Crippen LogP contribution in [0.15, 0.2) is 188 Å². The number of halogens is 3. The minimum Gasteiger partial charge on any atom is -0.303 e. The second-order valence-electron chi connectivity index (χ2n) is 25.0. The van der Waals surface area contributed by atoms with Crippen molar-refractivity contribution in [2.24, 2.45) is 0 Å². The van der Waals surface area contributed by atoms with E-state index in [1.807, 2.05) is 36.4 Å². The van der Waals surface area contributed by atoms with Crippen LogP contribution in [0.3, 0.4) is 0 Å². The van der Waals surface area contributed by atoms with Crippen LogP contribution in [0.4, 0.5) is 13.2 Å². The van der Waals surface area contributed by atoms with E-state index in [9.17, 15) is 0 Å². The van der Waals surface area contributed by atoms with Gasteiger partial charge in [0.05, 0.1) is 18.7 Å². The van der Waals surface area contributed by atoms with E-state index >= 15 is 13.2 Å². The van der Waals surface area contributed by atoms with Gasteiger partial charge in [-0.15, -0.1) is 0 Å². The highest BCUT2D eigenvalue weighted by Crippen LogP contribution is 2.52. The maximum Gasteiger partial charge on any atom is 0.406 e. The highest BCUT2D eigenvalue weighted by atomic mass is 19.4. The van der Waals surface area contributed by atoms with Gasteiger partial charge in [0.15, 0.2) is 0 Å². The molecule has 1 aliphatic heterocycles. The summed E-state index contributed by atoms with van der Waals surface area (Å²) < 4.78 is 53.5. The summed E-state index contributed by atoms with van der Waals surface area (Å²) in [6.07, 6.45) is 10.6. The average Bonchev–Trinajstić information content (AvgIpc) is 1.13. The lowest BCUT2D eigenvalue weighted by molar-refractivity contribution is -0.691. The molecule has 9 aromatic rings. The van der Waals surface area contributed by atoms with Crippen LogP contribution in [0.5, 0.6) is 0 Å². The first-order chi connectivity index (χ1) is 41.1. The molecule has 1 atom stereocenters. The summed E-state index contributed by atoms with van der Waals surface area (Å²) >= 11 is 0. The molecule has 1 unspecified atom stereocenters. The zero-order valence-electron chi connectivity index (χ0n) is 51.9. The number of aryl methyl sites for hydroxylation is 4. The maximum absolute atomic E-state index is 16.1. The molecule has 0 amide bonds. The Morgan fingerprint density at radius 1 is 0.447 bits per heavy atom. The van der Waals surface area contributed by atoms with Gasteiger partial charge in [0.25, 0.3) is 5.82 Å². The molecule has 0 aliphatic carbocycles. The number of imidazole rings is 1. The van der Waals surface area contributed by atoms with Crippen molar-refractivity contribution < 1.29 is 17.7 Å². The van der Waals surface area contributed by atoms with Crippen molar-refractivity contribution in [1.82, 2.24) is 9.47 Å². The molecule has 10 rings (SSSR count). The summed E-state index contributed by atoms with van der Waals surface area (Å²) in [7, 11) is 0. The van der Waals surface area contributed by atoms with Gasteiger partial charge in [-0.2, -0.15) is 13.2 Å². The van der Waals surface area contributed by atoms with Crippen LogP contribution < -0.4 is 4.57 Å². The van der Waals surface area contributed by atoms with Crippen molar-refractivity contribution in [3.63, 3.8) is 0 Å². The molecule has 440 valence electrons. The van der Waals surface area contributed by atoms with Gasteiger partial charge in [-0.05, 0) is 169 Å². The summed E-state index contributed by atoms with van der Waals surface area (Å²) in [5, 5.41) is 0. The molecule has 2 heterocycles. The van der Waals surface area contributed by atoms with Gasteiger partial charge in [0, 0.05) is 13.8 Å². The molecule has 0 saturated carbocycles. The Labute approximate surface area is 506 Å². The lowest BCUT2D eigenvalue weighted by Crippen LogP contribution is -2.44. The summed E-state index contributed by atoms with van der Waals surface area (Å²) in [5.41, 5.74) is 17.4. The molecule has 0 spiro atoms. The molecule has 0 N–H and O–H groups in total. The monoisotopic (exact) mass is 1140 g/mol. The second kappa shape index (κ2) is 27.0. The lowest BCUT2D eigenvalue weighted by atomic mass is 9.68. The Hall–Kier alpha value is -7.28. The van der Waals surface area contributed by atoms with E-state index < -0.39 is 11.6 Å². The predicted molar refractivity (Wildman–Crippen MR) is 350 cm³/mol. The third-order valence-electron chi connectivity index (χ3n) is 19.1. The topological polar surface area (TPSA) is 12.0 Å². The van der Waals surface area contributed by atoms with Gasteiger partial charge in [-0.25, -0.2) is 9.13 Å². The molecule has 8 aromatic carbocycles. The largest absolute Gasteiger partial charge is 0.406 e. The number of unbranched alkanes of at least 4 members (excludes halogenated alkanes) is 8. The van der Waals surface area contributed by atoms with E-state index in [0.29, 0.717) is 0 Å². The number of rotatable bonds is 23. The van der Waals surface area contributed by atoms with Crippen LogP contribution in [-0.2, 0) is 23.9 Å². The van der Waals surface area contributed by atoms with Crippen molar-refractivity contribution in [3.05, 3.63) is 244 Å². The Bertz CT molecular complexity index is 3580. The van der Waals surface area contributed by atoms with E-state index in [1.54, 1.807) is 54.6 Å². The van der Waals surface area contributed by atoms with Gasteiger partial charge in [-0.1, -0.05) is 252 Å². The first-order valence-corrected chi connectivity index (χ1v) is 31.7. The fraction of sp³-hybridized carbons (Fsp3) is 0.354. The van der Waals surface area contributed by atoms with E-state index in [4.69, 9.17) is 0 Å². The minimum atomic E-state index is -4.64. The molecule has 1 fully saturated rings. The fourth-order valence-corrected chi connectivity index (χ4v) is 13.8. The molecule has 6 heteroatoms. The van der Waals surface area contributed by atoms with E-state index in [1.165, 1.54) is 134 Å². The van der Waals surface area contributed by atoms with Crippen molar-refractivity contribution in [2.75, 3.05) is 19.6 Å². The number of aromatic nitrogens is 2. The zero-order chi connectivity index (χ0) is 59.7. The summed E-state index contributed by atoms with van der Waals surface area (Å²) in [6, 6.07) is 61.1. The normalized spacial score (nSPS) is 14.4. The molecule has 85 heavy (non-hydrogen) atoms. The molecular weight excluding hydrogens is 1050 g/mol. The third kappa shape index (κ3) is 13.4. The van der Waals surface area contributed by atoms with Gasteiger partial charge < -0.3 is 4.90 Å². The molecule has 0 radical (unpaired) electrons. The number of hydrogen-bond donors (Lipinski definition) is 0. The smallest absolute Gasteiger partial charge is 0.303 e. The Morgan fingerprint density at radius 2 is 0.847 bits per heavy atom. The van der Waals surface area contributed by atoms with E-state index in [2.05, 4.69) is 166 Å². The number of benzene rings is 8. The SMILES string of the molecule is CCCCn1c(C)c(C)[n+](CCCCCCCCCCN2CCC(C)(c3ccc(-c4ccc(-c5ccc(C(c6ccccc6)(c6ccc(-c7ccc(-c8ccc(C)cc8)cc7)cc6)C(F)(F)F)cc5)cc4)cc3)CC2)c1-c1c(C)cc(C)cc1C. The van der Waals surface area contributed by atoms with Crippen LogP contribution in [0.1, 0.15) is 147 Å². The van der Waals surface area contributed by atoms with Crippen LogP contribution in [0.2, 0.25) is 0 Å². The molecule has 1 saturated heterocycles. The second-order valence-corrected chi connectivity index (χ2v) is 25.0. The molecule has 1 aliphatic rings. The van der Waals surface area contributed by atoms with Crippen LogP contribution in [0.25, 0.3) is 55.9 Å². The first kappa shape index (κ1) is 60.8. The van der Waals surface area contributed by atoms with Crippen molar-refractivity contribution in [3.8, 4) is 55.9 Å². The standard InChI is InChI=1S/C79H89F3N3/c1-9-10-51-84-61(6)62(7)85(76(84)75-59(4)55-58(3)56-60(75)5)52-21-16-14-12-11-13-15-20-50-83-53-48-77(8,49-54-83)71-42-36-68(37-43-71)65-32-34-67(35-33-65)70-40-46-74(47-41-70)78(79(80,81)82,72-22-18-17-19-23-72)73-44-38-69(39-45-73)66-30-28-64(29-31-66)63-26-24-57(2)25-27-63/h17-19,22-47,55-56H,9-16,20-21,48-54H2,1-8H3/q+1. The van der Waals surface area contributed by atoms with Gasteiger partial charge in [0.1, 0.15) is 16.8 Å². The van der Waals surface area contributed by atoms with Crippen molar-refractivity contribution in [2.45, 2.75) is 163 Å². The van der Waals surface area contributed by atoms with Crippen LogP contribution in [-0.4, -0.2) is 35.3 Å². The van der Waals surface area contributed by atoms with Crippen LogP contribution in [0, 0.1) is 41.5 Å².